The van der Waals surface area contributed by atoms with E-state index >= 15 is 4.39 Å². The Morgan fingerprint density at radius 3 is 2.79 bits per heavy atom. The summed E-state index contributed by atoms with van der Waals surface area (Å²) in [5.74, 6) is -1.20. The van der Waals surface area contributed by atoms with E-state index < -0.39 is 23.3 Å². The second-order valence-electron chi connectivity index (χ2n) is 11.1. The van der Waals surface area contributed by atoms with Crippen LogP contribution < -0.4 is 0 Å². The van der Waals surface area contributed by atoms with E-state index in [0.717, 1.165) is 28.6 Å². The van der Waals surface area contributed by atoms with Crippen LogP contribution in [0.5, 0.6) is 0 Å². The molecular weight excluding hydrogens is 490 g/mol. The normalized spacial score (nSPS) is 26.7. The molecule has 2 aliphatic heterocycles. The van der Waals surface area contributed by atoms with Gasteiger partial charge in [0.1, 0.15) is 12.4 Å². The van der Waals surface area contributed by atoms with E-state index in [4.69, 9.17) is 4.74 Å². The minimum atomic E-state index is -1.06. The van der Waals surface area contributed by atoms with Crippen molar-refractivity contribution in [3.63, 3.8) is 0 Å². The fourth-order valence-electron chi connectivity index (χ4n) is 6.25. The second-order valence-corrected chi connectivity index (χ2v) is 11.1. The Morgan fingerprint density at radius 2 is 2.08 bits per heavy atom. The molecule has 38 heavy (non-hydrogen) atoms. The number of H-pyrrole nitrogens is 1. The number of aromatic amines is 1. The zero-order chi connectivity index (χ0) is 27.6. The minimum absolute atomic E-state index is 0.00901. The van der Waals surface area contributed by atoms with Gasteiger partial charge in [-0.25, -0.2) is 9.38 Å². The summed E-state index contributed by atoms with van der Waals surface area (Å²) >= 11 is 0. The summed E-state index contributed by atoms with van der Waals surface area (Å²) < 4.78 is 34.7. The molecule has 1 aromatic carbocycles. The number of alkyl halides is 1. The van der Waals surface area contributed by atoms with Gasteiger partial charge in [-0.05, 0) is 45.4 Å². The molecule has 208 valence electrons. The average molecular weight is 531 g/mol. The highest BCUT2D eigenvalue weighted by Crippen LogP contribution is 2.56. The maximum absolute atomic E-state index is 16.1. The van der Waals surface area contributed by atoms with Crippen molar-refractivity contribution in [2.24, 2.45) is 16.3 Å². The molecule has 7 nitrogen and oxygen atoms in total. The molecule has 2 aromatic rings. The number of aromatic nitrogens is 1. The molecule has 0 saturated carbocycles. The number of carboxylic acids is 1. The largest absolute Gasteiger partial charge is 0.481 e. The van der Waals surface area contributed by atoms with Gasteiger partial charge in [-0.15, -0.1) is 0 Å². The van der Waals surface area contributed by atoms with Crippen LogP contribution in [0.4, 0.5) is 8.78 Å². The van der Waals surface area contributed by atoms with Crippen LogP contribution in [0.2, 0.25) is 0 Å². The van der Waals surface area contributed by atoms with Gasteiger partial charge in [0.15, 0.2) is 5.90 Å². The van der Waals surface area contributed by atoms with Crippen LogP contribution in [0.15, 0.2) is 41.3 Å². The number of hydrogen-bond donors (Lipinski definition) is 2. The standard InChI is InChI=1S/C29H40F2N4O3/c1-18-15-22-21-9-6-7-10-23(21)33-26(22)27(35(18)19(2)16-25(36)37)29(4)20(3)28(32-17-24(29)31)38-14-13-34(5)12-8-11-30/h6-7,9-10,17-20,27,33H,8,11-16H2,1-5H3,(H,36,37)/t18-,19?,20?,27+,29?/m1/s1. The van der Waals surface area contributed by atoms with Crippen molar-refractivity contribution < 1.29 is 23.4 Å². The molecule has 2 N–H and O–H groups in total. The third-order valence-electron chi connectivity index (χ3n) is 8.46. The molecule has 0 amide bonds. The lowest BCUT2D eigenvalue weighted by Crippen LogP contribution is -2.56. The molecule has 0 fully saturated rings. The van der Waals surface area contributed by atoms with Gasteiger partial charge < -0.3 is 19.7 Å². The number of carbonyl (C=O) groups is 1. The fourth-order valence-corrected chi connectivity index (χ4v) is 6.25. The Balaban J connectivity index is 1.72. The highest BCUT2D eigenvalue weighted by Gasteiger charge is 2.55. The maximum atomic E-state index is 16.1. The van der Waals surface area contributed by atoms with E-state index in [9.17, 15) is 14.3 Å². The minimum Gasteiger partial charge on any atom is -0.481 e. The van der Waals surface area contributed by atoms with Gasteiger partial charge in [-0.2, -0.15) is 0 Å². The molecule has 0 saturated heterocycles. The lowest BCUT2D eigenvalue weighted by molar-refractivity contribution is -0.139. The third-order valence-corrected chi connectivity index (χ3v) is 8.46. The predicted molar refractivity (Wildman–Crippen MR) is 146 cm³/mol. The summed E-state index contributed by atoms with van der Waals surface area (Å²) in [5, 5.41) is 10.7. The first-order valence-electron chi connectivity index (χ1n) is 13.5. The van der Waals surface area contributed by atoms with Crippen LogP contribution in [0.25, 0.3) is 10.9 Å². The fraction of sp³-hybridized carbons (Fsp3) is 0.586. The van der Waals surface area contributed by atoms with Crippen LogP contribution in [0.3, 0.4) is 0 Å². The van der Waals surface area contributed by atoms with E-state index in [1.165, 1.54) is 6.20 Å². The highest BCUT2D eigenvalue weighted by atomic mass is 19.1. The topological polar surface area (TPSA) is 81.2 Å². The van der Waals surface area contributed by atoms with Crippen molar-refractivity contribution in [3.8, 4) is 0 Å². The van der Waals surface area contributed by atoms with Crippen LogP contribution in [0, 0.1) is 11.3 Å². The first-order valence-corrected chi connectivity index (χ1v) is 13.5. The van der Waals surface area contributed by atoms with Crippen LogP contribution in [0.1, 0.15) is 57.8 Å². The van der Waals surface area contributed by atoms with Gasteiger partial charge in [0.25, 0.3) is 0 Å². The quantitative estimate of drug-likeness (QED) is 0.425. The molecule has 0 spiro atoms. The van der Waals surface area contributed by atoms with Crippen LogP contribution in [-0.2, 0) is 16.0 Å². The Hall–Kier alpha value is -2.78. The van der Waals surface area contributed by atoms with Crippen molar-refractivity contribution in [1.29, 1.82) is 0 Å². The van der Waals surface area contributed by atoms with E-state index in [-0.39, 0.29) is 31.0 Å². The van der Waals surface area contributed by atoms with Crippen molar-refractivity contribution in [3.05, 3.63) is 47.5 Å². The molecule has 0 radical (unpaired) electrons. The Kier molecular flexibility index (Phi) is 8.57. The summed E-state index contributed by atoms with van der Waals surface area (Å²) in [4.78, 5) is 23.8. The van der Waals surface area contributed by atoms with Gasteiger partial charge in [-0.3, -0.25) is 14.1 Å². The molecule has 1 aromatic heterocycles. The number of nitrogens with one attached hydrogen (secondary N) is 1. The second kappa shape index (κ2) is 11.5. The van der Waals surface area contributed by atoms with Crippen molar-refractivity contribution in [2.75, 3.05) is 33.4 Å². The van der Waals surface area contributed by atoms with Gasteiger partial charge in [0.2, 0.25) is 0 Å². The zero-order valence-corrected chi connectivity index (χ0v) is 23.0. The first kappa shape index (κ1) is 28.2. The Bertz CT molecular complexity index is 1210. The number of halogens is 2. The average Bonchev–Trinajstić information content (AvgIpc) is 3.24. The number of fused-ring (bicyclic) bond motifs is 3. The number of hydrogen-bond acceptors (Lipinski definition) is 5. The number of aliphatic imine (C=N–C) groups is 1. The van der Waals surface area contributed by atoms with E-state index in [0.29, 0.717) is 32.0 Å². The monoisotopic (exact) mass is 530 g/mol. The molecule has 5 atom stereocenters. The van der Waals surface area contributed by atoms with E-state index in [2.05, 4.69) is 27.9 Å². The van der Waals surface area contributed by atoms with Crippen LogP contribution >= 0.6 is 0 Å². The predicted octanol–water partition coefficient (Wildman–Crippen LogP) is 5.49. The molecule has 0 bridgehead atoms. The molecule has 3 heterocycles. The number of likely N-dealkylation sites (N-methyl/N-ethyl adjacent to an activating group) is 1. The number of ether oxygens (including phenoxy) is 1. The number of rotatable bonds is 10. The molecular formula is C29H40F2N4O3. The molecule has 9 heteroatoms. The van der Waals surface area contributed by atoms with E-state index in [1.807, 2.05) is 50.9 Å². The first-order chi connectivity index (χ1) is 18.1. The van der Waals surface area contributed by atoms with Crippen molar-refractivity contribution in [2.45, 2.75) is 65.1 Å². The number of carboxylic acid groups (broad SMARTS) is 1. The smallest absolute Gasteiger partial charge is 0.304 e. The van der Waals surface area contributed by atoms with Gasteiger partial charge in [0.05, 0.1) is 30.8 Å². The van der Waals surface area contributed by atoms with Gasteiger partial charge in [-0.1, -0.05) is 32.0 Å². The SMILES string of the molecule is CC(CC(=O)O)N1[C@H](C)Cc2c([nH]c3ccccc23)[C@H]1C1(C)C(F)=CN=C(OCCN(C)CCCF)C1C. The number of nitrogens with zero attached hydrogens (tertiary/aromatic N) is 3. The molecule has 0 aliphatic carbocycles. The number of para-hydroxylation sites is 1. The van der Waals surface area contributed by atoms with Crippen molar-refractivity contribution in [1.82, 2.24) is 14.8 Å². The highest BCUT2D eigenvalue weighted by molar-refractivity contribution is 5.86. The van der Waals surface area contributed by atoms with E-state index in [1.54, 1.807) is 0 Å². The lowest BCUT2D eigenvalue weighted by Gasteiger charge is -2.53. The summed E-state index contributed by atoms with van der Waals surface area (Å²) in [7, 11) is 1.91. The lowest BCUT2D eigenvalue weighted by atomic mass is 9.66. The Morgan fingerprint density at radius 1 is 1.34 bits per heavy atom. The molecule has 4 rings (SSSR count). The summed E-state index contributed by atoms with van der Waals surface area (Å²) in [6.45, 7) is 9.05. The van der Waals surface area contributed by atoms with Gasteiger partial charge >= 0.3 is 5.97 Å². The van der Waals surface area contributed by atoms with Crippen LogP contribution in [-0.4, -0.2) is 77.3 Å². The Labute approximate surface area is 223 Å². The van der Waals surface area contributed by atoms with Gasteiger partial charge in [0, 0.05) is 47.7 Å². The van der Waals surface area contributed by atoms with Crippen molar-refractivity contribution >= 4 is 22.8 Å². The number of benzene rings is 1. The summed E-state index contributed by atoms with van der Waals surface area (Å²) in [5.41, 5.74) is 2.00. The third kappa shape index (κ3) is 5.23. The number of aliphatic carboxylic acids is 1. The molecule has 2 aliphatic rings. The summed E-state index contributed by atoms with van der Waals surface area (Å²) in [6, 6.07) is 7.29. The maximum Gasteiger partial charge on any atom is 0.304 e. The zero-order valence-electron chi connectivity index (χ0n) is 23.0. The summed E-state index contributed by atoms with van der Waals surface area (Å²) in [6.07, 6.45) is 2.41. The molecule has 3 unspecified atom stereocenters.